The number of imidazole rings is 1. The molecule has 0 aliphatic rings. The molecule has 0 amide bonds. The lowest BCUT2D eigenvalue weighted by Crippen LogP contribution is -1.99. The number of anilines is 1. The van der Waals surface area contributed by atoms with Crippen molar-refractivity contribution in [1.82, 2.24) is 19.9 Å². The zero-order chi connectivity index (χ0) is 11.8. The molecule has 0 radical (unpaired) electrons. The summed E-state index contributed by atoms with van der Waals surface area (Å²) in [6.45, 7) is 0. The van der Waals surface area contributed by atoms with E-state index in [2.05, 4.69) is 19.9 Å². The van der Waals surface area contributed by atoms with E-state index < -0.39 is 0 Å². The van der Waals surface area contributed by atoms with Crippen molar-refractivity contribution in [3.8, 4) is 11.4 Å². The molecule has 84 valence electrons. The summed E-state index contributed by atoms with van der Waals surface area (Å²) in [7, 11) is 0. The number of nitrogens with zero attached hydrogens (tertiary/aromatic N) is 2. The molecular formula is C11H9N5O. The molecule has 3 aromatic rings. The van der Waals surface area contributed by atoms with E-state index in [1.165, 1.54) is 0 Å². The van der Waals surface area contributed by atoms with Gasteiger partial charge in [-0.3, -0.25) is 0 Å². The molecule has 0 fully saturated rings. The molecular weight excluding hydrogens is 218 g/mol. The number of H-pyrrole nitrogens is 2. The molecule has 2 heterocycles. The first-order chi connectivity index (χ1) is 8.24. The van der Waals surface area contributed by atoms with Crippen LogP contribution in [0.1, 0.15) is 0 Å². The second-order valence-corrected chi connectivity index (χ2v) is 3.61. The van der Waals surface area contributed by atoms with Gasteiger partial charge in [-0.05, 0) is 18.2 Å². The Kier molecular flexibility index (Phi) is 1.94. The largest absolute Gasteiger partial charge is 0.384 e. The Balaban J connectivity index is 2.33. The standard InChI is InChI=1S/C11H9N5O/c12-8-4-5-13-10(15-8)6-2-1-3-7-9(6)16-11(17)14-7/h1-5H,(H2,12,13,15)(H2,14,16,17). The highest BCUT2D eigenvalue weighted by Gasteiger charge is 2.08. The highest BCUT2D eigenvalue weighted by atomic mass is 16.1. The van der Waals surface area contributed by atoms with Crippen molar-refractivity contribution < 1.29 is 0 Å². The van der Waals surface area contributed by atoms with Gasteiger partial charge >= 0.3 is 5.69 Å². The first-order valence-electron chi connectivity index (χ1n) is 5.04. The van der Waals surface area contributed by atoms with E-state index in [0.29, 0.717) is 17.2 Å². The van der Waals surface area contributed by atoms with Gasteiger partial charge in [-0.2, -0.15) is 0 Å². The van der Waals surface area contributed by atoms with Crippen molar-refractivity contribution in [2.24, 2.45) is 0 Å². The molecule has 6 heteroatoms. The number of benzene rings is 1. The fraction of sp³-hybridized carbons (Fsp3) is 0. The van der Waals surface area contributed by atoms with Crippen molar-refractivity contribution in [3.05, 3.63) is 40.9 Å². The SMILES string of the molecule is Nc1ccnc(-c2cccc3[nH]c(=O)[nH]c23)n1. The van der Waals surface area contributed by atoms with Crippen LogP contribution in [0.25, 0.3) is 22.4 Å². The maximum Gasteiger partial charge on any atom is 0.323 e. The smallest absolute Gasteiger partial charge is 0.323 e. The van der Waals surface area contributed by atoms with E-state index in [4.69, 9.17) is 5.73 Å². The summed E-state index contributed by atoms with van der Waals surface area (Å²) in [4.78, 5) is 24.9. The van der Waals surface area contributed by atoms with Gasteiger partial charge in [0.15, 0.2) is 5.82 Å². The van der Waals surface area contributed by atoms with Crippen LogP contribution in [0.2, 0.25) is 0 Å². The molecule has 0 saturated heterocycles. The Bertz CT molecular complexity index is 743. The Morgan fingerprint density at radius 3 is 2.88 bits per heavy atom. The Hall–Kier alpha value is -2.63. The van der Waals surface area contributed by atoms with E-state index >= 15 is 0 Å². The molecule has 0 aliphatic carbocycles. The minimum Gasteiger partial charge on any atom is -0.384 e. The number of fused-ring (bicyclic) bond motifs is 1. The van der Waals surface area contributed by atoms with E-state index in [1.807, 2.05) is 18.2 Å². The van der Waals surface area contributed by atoms with Crippen molar-refractivity contribution in [2.45, 2.75) is 0 Å². The zero-order valence-corrected chi connectivity index (χ0v) is 8.77. The lowest BCUT2D eigenvalue weighted by atomic mass is 10.1. The summed E-state index contributed by atoms with van der Waals surface area (Å²) in [5.74, 6) is 0.885. The third-order valence-corrected chi connectivity index (χ3v) is 2.47. The van der Waals surface area contributed by atoms with Gasteiger partial charge in [-0.25, -0.2) is 14.8 Å². The van der Waals surface area contributed by atoms with Crippen LogP contribution in [0, 0.1) is 0 Å². The molecule has 0 atom stereocenters. The van der Waals surface area contributed by atoms with E-state index in [9.17, 15) is 4.79 Å². The molecule has 3 rings (SSSR count). The molecule has 17 heavy (non-hydrogen) atoms. The van der Waals surface area contributed by atoms with Crippen LogP contribution in [-0.2, 0) is 0 Å². The molecule has 0 bridgehead atoms. The minimum absolute atomic E-state index is 0.253. The normalized spacial score (nSPS) is 10.8. The lowest BCUT2D eigenvalue weighted by Gasteiger charge is -2.01. The number of nitrogens with one attached hydrogen (secondary N) is 2. The van der Waals surface area contributed by atoms with Crippen molar-refractivity contribution in [1.29, 1.82) is 0 Å². The van der Waals surface area contributed by atoms with Gasteiger partial charge in [0.2, 0.25) is 0 Å². The van der Waals surface area contributed by atoms with Gasteiger partial charge in [0.1, 0.15) is 5.82 Å². The van der Waals surface area contributed by atoms with Gasteiger partial charge in [-0.1, -0.05) is 6.07 Å². The second-order valence-electron chi connectivity index (χ2n) is 3.61. The Morgan fingerprint density at radius 1 is 1.18 bits per heavy atom. The summed E-state index contributed by atoms with van der Waals surface area (Å²) in [6, 6.07) is 7.08. The van der Waals surface area contributed by atoms with Crippen molar-refractivity contribution in [2.75, 3.05) is 5.73 Å². The molecule has 2 aromatic heterocycles. The second kappa shape index (κ2) is 3.44. The third-order valence-electron chi connectivity index (χ3n) is 2.47. The van der Waals surface area contributed by atoms with Crippen LogP contribution in [0.5, 0.6) is 0 Å². The number of rotatable bonds is 1. The first kappa shape index (κ1) is 9.59. The molecule has 1 aromatic carbocycles. The number of para-hydroxylation sites is 1. The first-order valence-corrected chi connectivity index (χ1v) is 5.04. The van der Waals surface area contributed by atoms with Crippen LogP contribution >= 0.6 is 0 Å². The molecule has 0 saturated carbocycles. The average Bonchev–Trinajstić information content (AvgIpc) is 2.68. The van der Waals surface area contributed by atoms with Crippen molar-refractivity contribution >= 4 is 16.9 Å². The van der Waals surface area contributed by atoms with Crippen LogP contribution in [0.3, 0.4) is 0 Å². The summed E-state index contributed by atoms with van der Waals surface area (Å²) < 4.78 is 0. The van der Waals surface area contributed by atoms with E-state index in [0.717, 1.165) is 11.1 Å². The van der Waals surface area contributed by atoms with Gasteiger partial charge < -0.3 is 15.7 Å². The molecule has 4 N–H and O–H groups in total. The van der Waals surface area contributed by atoms with Gasteiger partial charge in [0, 0.05) is 11.8 Å². The highest BCUT2D eigenvalue weighted by Crippen LogP contribution is 2.22. The minimum atomic E-state index is -0.253. The van der Waals surface area contributed by atoms with Gasteiger partial charge in [0.25, 0.3) is 0 Å². The molecule has 6 nitrogen and oxygen atoms in total. The Labute approximate surface area is 95.5 Å². The van der Waals surface area contributed by atoms with Crippen molar-refractivity contribution in [3.63, 3.8) is 0 Å². The fourth-order valence-corrected chi connectivity index (χ4v) is 1.75. The number of nitrogen functional groups attached to an aromatic ring is 1. The lowest BCUT2D eigenvalue weighted by molar-refractivity contribution is 1.18. The number of hydrogen-bond donors (Lipinski definition) is 3. The quantitative estimate of drug-likeness (QED) is 0.574. The van der Waals surface area contributed by atoms with Crippen LogP contribution in [-0.4, -0.2) is 19.9 Å². The highest BCUT2D eigenvalue weighted by molar-refractivity contribution is 5.89. The molecule has 0 unspecified atom stereocenters. The predicted molar refractivity (Wildman–Crippen MR) is 64.4 cm³/mol. The molecule has 0 aliphatic heterocycles. The number of hydrogen-bond acceptors (Lipinski definition) is 4. The number of aromatic nitrogens is 4. The van der Waals surface area contributed by atoms with Crippen LogP contribution in [0.4, 0.5) is 5.82 Å². The number of nitrogens with two attached hydrogens (primary N) is 1. The predicted octanol–water partition coefficient (Wildman–Crippen LogP) is 0.895. The van der Waals surface area contributed by atoms with E-state index in [1.54, 1.807) is 12.3 Å². The average molecular weight is 227 g/mol. The van der Waals surface area contributed by atoms with Crippen LogP contribution < -0.4 is 11.4 Å². The summed E-state index contributed by atoms with van der Waals surface area (Å²) in [6.07, 6.45) is 1.58. The van der Waals surface area contributed by atoms with Gasteiger partial charge in [0.05, 0.1) is 11.0 Å². The fourth-order valence-electron chi connectivity index (χ4n) is 1.75. The third kappa shape index (κ3) is 1.55. The maximum atomic E-state index is 11.3. The molecule has 0 spiro atoms. The van der Waals surface area contributed by atoms with E-state index in [-0.39, 0.29) is 5.69 Å². The maximum absolute atomic E-state index is 11.3. The topological polar surface area (TPSA) is 100 Å². The van der Waals surface area contributed by atoms with Crippen LogP contribution in [0.15, 0.2) is 35.3 Å². The Morgan fingerprint density at radius 2 is 2.06 bits per heavy atom. The summed E-state index contributed by atoms with van der Waals surface area (Å²) in [5, 5.41) is 0. The summed E-state index contributed by atoms with van der Waals surface area (Å²) in [5.41, 5.74) is 7.51. The summed E-state index contributed by atoms with van der Waals surface area (Å²) >= 11 is 0. The number of aromatic amines is 2. The monoisotopic (exact) mass is 227 g/mol. The van der Waals surface area contributed by atoms with Gasteiger partial charge in [-0.15, -0.1) is 0 Å². The zero-order valence-electron chi connectivity index (χ0n) is 8.77.